The molecule has 1 unspecified atom stereocenters. The first kappa shape index (κ1) is 28.2. The number of amides is 1. The fourth-order valence-electron chi connectivity index (χ4n) is 4.96. The van der Waals surface area contributed by atoms with Crippen LogP contribution in [0.15, 0.2) is 54.6 Å². The second-order valence-corrected chi connectivity index (χ2v) is 9.37. The molecule has 0 bridgehead atoms. The van der Waals surface area contributed by atoms with Crippen molar-refractivity contribution in [1.82, 2.24) is 9.80 Å². The predicted octanol–water partition coefficient (Wildman–Crippen LogP) is 3.72. The summed E-state index contributed by atoms with van der Waals surface area (Å²) >= 11 is 0. The number of ketones is 1. The van der Waals surface area contributed by atoms with E-state index in [4.69, 9.17) is 18.9 Å². The first-order chi connectivity index (χ1) is 18.9. The summed E-state index contributed by atoms with van der Waals surface area (Å²) < 4.78 is 22.3. The monoisotopic (exact) mass is 536 g/mol. The van der Waals surface area contributed by atoms with E-state index in [1.165, 1.54) is 12.0 Å². The highest BCUT2D eigenvalue weighted by Crippen LogP contribution is 2.42. The summed E-state index contributed by atoms with van der Waals surface area (Å²) in [6, 6.07) is 9.72. The van der Waals surface area contributed by atoms with Gasteiger partial charge < -0.3 is 29.0 Å². The summed E-state index contributed by atoms with van der Waals surface area (Å²) in [5.41, 5.74) is 1.86. The molecule has 2 heterocycles. The van der Waals surface area contributed by atoms with Crippen molar-refractivity contribution in [2.45, 2.75) is 19.9 Å². The molecular formula is C30H36N2O7. The number of hydrogen-bond acceptors (Lipinski definition) is 8. The van der Waals surface area contributed by atoms with Crippen LogP contribution in [0.25, 0.3) is 5.76 Å². The molecular weight excluding hydrogens is 500 g/mol. The van der Waals surface area contributed by atoms with Crippen LogP contribution in [0.4, 0.5) is 0 Å². The number of benzene rings is 2. The van der Waals surface area contributed by atoms with Gasteiger partial charge in [0, 0.05) is 31.7 Å². The normalized spacial score (nSPS) is 19.3. The Balaban J connectivity index is 1.78. The maximum Gasteiger partial charge on any atom is 0.295 e. The third kappa shape index (κ3) is 6.10. The van der Waals surface area contributed by atoms with Crippen molar-refractivity contribution in [3.63, 3.8) is 0 Å². The largest absolute Gasteiger partial charge is 0.507 e. The van der Waals surface area contributed by atoms with E-state index >= 15 is 0 Å². The molecule has 0 saturated carbocycles. The molecule has 1 atom stereocenters. The molecule has 4 rings (SSSR count). The van der Waals surface area contributed by atoms with Crippen molar-refractivity contribution in [2.75, 3.05) is 59.7 Å². The molecule has 2 aliphatic rings. The molecule has 1 amide bonds. The molecule has 2 aromatic carbocycles. The minimum Gasteiger partial charge on any atom is -0.507 e. The Morgan fingerprint density at radius 3 is 2.54 bits per heavy atom. The van der Waals surface area contributed by atoms with Crippen LogP contribution < -0.4 is 14.2 Å². The summed E-state index contributed by atoms with van der Waals surface area (Å²) in [6.07, 6.45) is 1.63. The van der Waals surface area contributed by atoms with Crippen LogP contribution in [0, 0.1) is 6.92 Å². The lowest BCUT2D eigenvalue weighted by Crippen LogP contribution is -2.42. The molecule has 9 nitrogen and oxygen atoms in total. The summed E-state index contributed by atoms with van der Waals surface area (Å²) in [7, 11) is 1.53. The Kier molecular flexibility index (Phi) is 9.27. The van der Waals surface area contributed by atoms with Crippen LogP contribution in [0.5, 0.6) is 17.2 Å². The standard InChI is InChI=1S/C30H36N2O7/c1-5-15-39-24-10-7-21(19-25(24)36-4)27-26(28(33)23-9-8-22(38-6-2)18-20(23)3)29(34)30(35)32(27)12-11-31-13-16-37-17-14-31/h5,7-10,18-19,27,33H,1,6,11-17H2,2-4H3. The number of methoxy groups -OCH3 is 1. The Bertz CT molecular complexity index is 1250. The van der Waals surface area contributed by atoms with Gasteiger partial charge in [-0.1, -0.05) is 18.7 Å². The zero-order valence-electron chi connectivity index (χ0n) is 22.8. The number of aliphatic hydroxyl groups is 1. The van der Waals surface area contributed by atoms with Gasteiger partial charge in [-0.3, -0.25) is 14.5 Å². The predicted molar refractivity (Wildman–Crippen MR) is 147 cm³/mol. The molecule has 0 aromatic heterocycles. The number of Topliss-reactive ketones (excluding diaryl/α,β-unsaturated/α-hetero) is 1. The van der Waals surface area contributed by atoms with Gasteiger partial charge in [-0.15, -0.1) is 0 Å². The molecule has 1 N–H and O–H groups in total. The number of aryl methyl sites for hydroxylation is 1. The van der Waals surface area contributed by atoms with E-state index in [1.807, 2.05) is 13.8 Å². The van der Waals surface area contributed by atoms with E-state index in [-0.39, 0.29) is 11.3 Å². The fourth-order valence-corrected chi connectivity index (χ4v) is 4.96. The molecule has 0 spiro atoms. The van der Waals surface area contributed by atoms with Gasteiger partial charge in [0.1, 0.15) is 18.1 Å². The second-order valence-electron chi connectivity index (χ2n) is 9.37. The van der Waals surface area contributed by atoms with Gasteiger partial charge in [-0.05, 0) is 55.3 Å². The van der Waals surface area contributed by atoms with E-state index < -0.39 is 17.7 Å². The number of morpholine rings is 1. The third-order valence-electron chi connectivity index (χ3n) is 6.92. The van der Waals surface area contributed by atoms with Crippen molar-refractivity contribution < 1.29 is 33.6 Å². The maximum atomic E-state index is 13.5. The van der Waals surface area contributed by atoms with Crippen molar-refractivity contribution in [1.29, 1.82) is 0 Å². The van der Waals surface area contributed by atoms with Gasteiger partial charge in [-0.25, -0.2) is 0 Å². The number of likely N-dealkylation sites (tertiary alicyclic amines) is 1. The topological polar surface area (TPSA) is 97.8 Å². The van der Waals surface area contributed by atoms with Crippen LogP contribution in [0.1, 0.15) is 29.7 Å². The number of nitrogens with zero attached hydrogens (tertiary/aromatic N) is 2. The fraction of sp³-hybridized carbons (Fsp3) is 0.400. The van der Waals surface area contributed by atoms with Gasteiger partial charge in [0.15, 0.2) is 11.5 Å². The molecule has 9 heteroatoms. The average Bonchev–Trinajstić information content (AvgIpc) is 3.20. The summed E-state index contributed by atoms with van der Waals surface area (Å²) in [5, 5.41) is 11.5. The van der Waals surface area contributed by atoms with Crippen LogP contribution >= 0.6 is 0 Å². The van der Waals surface area contributed by atoms with Gasteiger partial charge in [0.25, 0.3) is 11.7 Å². The number of rotatable bonds is 11. The molecule has 2 fully saturated rings. The Morgan fingerprint density at radius 2 is 1.87 bits per heavy atom. The number of carbonyl (C=O) groups excluding carboxylic acids is 2. The quantitative estimate of drug-likeness (QED) is 0.201. The van der Waals surface area contributed by atoms with Crippen molar-refractivity contribution in [2.24, 2.45) is 0 Å². The minimum absolute atomic E-state index is 0.0380. The van der Waals surface area contributed by atoms with Gasteiger partial charge >= 0.3 is 0 Å². The number of carbonyl (C=O) groups is 2. The molecule has 208 valence electrons. The Morgan fingerprint density at radius 1 is 1.10 bits per heavy atom. The average molecular weight is 537 g/mol. The summed E-state index contributed by atoms with van der Waals surface area (Å²) in [5.74, 6) is 0.0230. The zero-order valence-corrected chi connectivity index (χ0v) is 22.8. The first-order valence-electron chi connectivity index (χ1n) is 13.1. The van der Waals surface area contributed by atoms with Crippen molar-refractivity contribution >= 4 is 17.4 Å². The van der Waals surface area contributed by atoms with E-state index in [9.17, 15) is 14.7 Å². The van der Waals surface area contributed by atoms with E-state index in [1.54, 1.807) is 42.5 Å². The summed E-state index contributed by atoms with van der Waals surface area (Å²) in [6.45, 7) is 11.9. The lowest BCUT2D eigenvalue weighted by molar-refractivity contribution is -0.140. The second kappa shape index (κ2) is 12.8. The number of aliphatic hydroxyl groups excluding tert-OH is 1. The number of hydrogen-bond donors (Lipinski definition) is 1. The lowest BCUT2D eigenvalue weighted by Gasteiger charge is -2.31. The first-order valence-corrected chi connectivity index (χ1v) is 13.1. The molecule has 39 heavy (non-hydrogen) atoms. The Labute approximate surface area is 229 Å². The van der Waals surface area contributed by atoms with Crippen LogP contribution in [-0.2, 0) is 14.3 Å². The van der Waals surface area contributed by atoms with Crippen LogP contribution in [0.2, 0.25) is 0 Å². The van der Waals surface area contributed by atoms with Gasteiger partial charge in [0.2, 0.25) is 0 Å². The molecule has 0 aliphatic carbocycles. The van der Waals surface area contributed by atoms with E-state index in [2.05, 4.69) is 11.5 Å². The third-order valence-corrected chi connectivity index (χ3v) is 6.92. The number of ether oxygens (including phenoxy) is 4. The summed E-state index contributed by atoms with van der Waals surface area (Å²) in [4.78, 5) is 30.6. The molecule has 2 aromatic rings. The van der Waals surface area contributed by atoms with Gasteiger partial charge in [0.05, 0.1) is 38.5 Å². The minimum atomic E-state index is -0.806. The van der Waals surface area contributed by atoms with E-state index in [0.717, 1.165) is 18.7 Å². The molecule has 2 aliphatic heterocycles. The van der Waals surface area contributed by atoms with E-state index in [0.29, 0.717) is 67.9 Å². The van der Waals surface area contributed by atoms with Crippen LogP contribution in [0.3, 0.4) is 0 Å². The highest BCUT2D eigenvalue weighted by Gasteiger charge is 2.46. The maximum absolute atomic E-state index is 13.5. The van der Waals surface area contributed by atoms with Crippen LogP contribution in [-0.4, -0.2) is 86.3 Å². The van der Waals surface area contributed by atoms with Crippen molar-refractivity contribution in [3.8, 4) is 17.2 Å². The highest BCUT2D eigenvalue weighted by atomic mass is 16.5. The Hall–Kier alpha value is -3.82. The van der Waals surface area contributed by atoms with Crippen molar-refractivity contribution in [3.05, 3.63) is 71.3 Å². The zero-order chi connectivity index (χ0) is 27.9. The molecule has 0 radical (unpaired) electrons. The van der Waals surface area contributed by atoms with Gasteiger partial charge in [-0.2, -0.15) is 0 Å². The SMILES string of the molecule is C=CCOc1ccc(C2C(=C(O)c3ccc(OCC)cc3C)C(=O)C(=O)N2CCN2CCOCC2)cc1OC. The molecule has 2 saturated heterocycles. The lowest BCUT2D eigenvalue weighted by atomic mass is 9.93. The highest BCUT2D eigenvalue weighted by molar-refractivity contribution is 6.46. The smallest absolute Gasteiger partial charge is 0.295 e.